The van der Waals surface area contributed by atoms with E-state index in [1.807, 2.05) is 6.92 Å². The molecule has 1 N–H and O–H groups in total. The zero-order chi connectivity index (χ0) is 13.4. The molecule has 0 fully saturated rings. The second-order valence-corrected chi connectivity index (χ2v) is 5.60. The molecule has 18 heavy (non-hydrogen) atoms. The van der Waals surface area contributed by atoms with Gasteiger partial charge in [-0.15, -0.1) is 0 Å². The van der Waals surface area contributed by atoms with Crippen molar-refractivity contribution in [1.29, 1.82) is 0 Å². The van der Waals surface area contributed by atoms with Gasteiger partial charge in [-0.25, -0.2) is 4.79 Å². The van der Waals surface area contributed by atoms with Crippen LogP contribution in [0.25, 0.3) is 0 Å². The largest absolute Gasteiger partial charge is 0.460 e. The van der Waals surface area contributed by atoms with Crippen LogP contribution in [0.3, 0.4) is 0 Å². The van der Waals surface area contributed by atoms with Crippen molar-refractivity contribution < 1.29 is 14.6 Å². The number of cyclic esters (lactones) is 1. The first-order chi connectivity index (χ1) is 8.49. The Labute approximate surface area is 110 Å². The molecule has 104 valence electrons. The van der Waals surface area contributed by atoms with Gasteiger partial charge in [-0.3, -0.25) is 0 Å². The third-order valence-electron chi connectivity index (χ3n) is 3.44. The van der Waals surface area contributed by atoms with E-state index in [-0.39, 0.29) is 12.1 Å². The van der Waals surface area contributed by atoms with E-state index >= 15 is 0 Å². The van der Waals surface area contributed by atoms with Crippen molar-refractivity contribution in [1.82, 2.24) is 0 Å². The fourth-order valence-corrected chi connectivity index (χ4v) is 2.25. The van der Waals surface area contributed by atoms with Crippen LogP contribution >= 0.6 is 0 Å². The lowest BCUT2D eigenvalue weighted by Crippen LogP contribution is -2.22. The van der Waals surface area contributed by atoms with Crippen LogP contribution in [-0.4, -0.2) is 22.8 Å². The molecule has 1 heterocycles. The van der Waals surface area contributed by atoms with Crippen LogP contribution < -0.4 is 0 Å². The van der Waals surface area contributed by atoms with Crippen LogP contribution in [-0.2, 0) is 9.53 Å². The molecule has 1 rings (SSSR count). The lowest BCUT2D eigenvalue weighted by atomic mass is 9.96. The Morgan fingerprint density at radius 2 is 1.83 bits per heavy atom. The molecular formula is C15H26O3. The summed E-state index contributed by atoms with van der Waals surface area (Å²) < 4.78 is 5.25. The van der Waals surface area contributed by atoms with E-state index in [0.29, 0.717) is 6.42 Å². The highest BCUT2D eigenvalue weighted by atomic mass is 16.5. The van der Waals surface area contributed by atoms with E-state index in [2.05, 4.69) is 0 Å². The summed E-state index contributed by atoms with van der Waals surface area (Å²) in [5, 5.41) is 10.1. The number of esters is 1. The van der Waals surface area contributed by atoms with E-state index in [0.717, 1.165) is 25.7 Å². The molecule has 0 bridgehead atoms. The Bertz CT molecular complexity index is 281. The number of hydrogen-bond acceptors (Lipinski definition) is 3. The van der Waals surface area contributed by atoms with Gasteiger partial charge in [0.2, 0.25) is 0 Å². The van der Waals surface area contributed by atoms with E-state index in [4.69, 9.17) is 4.74 Å². The Morgan fingerprint density at radius 3 is 2.56 bits per heavy atom. The van der Waals surface area contributed by atoms with Gasteiger partial charge in [-0.2, -0.15) is 0 Å². The maximum absolute atomic E-state index is 11.5. The summed E-state index contributed by atoms with van der Waals surface area (Å²) in [5.41, 5.74) is -0.896. The molecule has 0 aromatic rings. The SMILES string of the molecule is C[C@@H]1CCCCCCCC[C@](C)(O)/C=C/C(=O)O1. The van der Waals surface area contributed by atoms with Crippen molar-refractivity contribution in [3.8, 4) is 0 Å². The molecule has 3 heteroatoms. The van der Waals surface area contributed by atoms with Gasteiger partial charge in [0.15, 0.2) is 0 Å². The second-order valence-electron chi connectivity index (χ2n) is 5.60. The fourth-order valence-electron chi connectivity index (χ4n) is 2.25. The van der Waals surface area contributed by atoms with Crippen LogP contribution in [0.4, 0.5) is 0 Å². The van der Waals surface area contributed by atoms with Crippen molar-refractivity contribution in [3.05, 3.63) is 12.2 Å². The summed E-state index contributed by atoms with van der Waals surface area (Å²) in [5.74, 6) is -0.347. The maximum atomic E-state index is 11.5. The van der Waals surface area contributed by atoms with Gasteiger partial charge in [0.25, 0.3) is 0 Å². The minimum absolute atomic E-state index is 0.0324. The third kappa shape index (κ3) is 6.80. The summed E-state index contributed by atoms with van der Waals surface area (Å²) in [6.07, 6.45) is 11.5. The highest BCUT2D eigenvalue weighted by Crippen LogP contribution is 2.18. The number of carbonyl (C=O) groups excluding carboxylic acids is 1. The average Bonchev–Trinajstić information content (AvgIpc) is 2.29. The summed E-state index contributed by atoms with van der Waals surface area (Å²) in [6.45, 7) is 3.67. The monoisotopic (exact) mass is 254 g/mol. The molecule has 0 saturated heterocycles. The van der Waals surface area contributed by atoms with E-state index in [1.54, 1.807) is 13.0 Å². The van der Waals surface area contributed by atoms with Gasteiger partial charge in [-0.1, -0.05) is 32.1 Å². The minimum Gasteiger partial charge on any atom is -0.460 e. The van der Waals surface area contributed by atoms with Crippen LogP contribution in [0.15, 0.2) is 12.2 Å². The van der Waals surface area contributed by atoms with E-state index < -0.39 is 5.60 Å². The number of rotatable bonds is 0. The fraction of sp³-hybridized carbons (Fsp3) is 0.800. The summed E-state index contributed by atoms with van der Waals surface area (Å²) in [4.78, 5) is 11.5. The Morgan fingerprint density at radius 1 is 1.22 bits per heavy atom. The van der Waals surface area contributed by atoms with E-state index in [9.17, 15) is 9.90 Å². The Hall–Kier alpha value is -0.830. The Kier molecular flexibility index (Phi) is 6.41. The molecule has 0 unspecified atom stereocenters. The van der Waals surface area contributed by atoms with Gasteiger partial charge < -0.3 is 9.84 Å². The van der Waals surface area contributed by atoms with Crippen LogP contribution in [0, 0.1) is 0 Å². The van der Waals surface area contributed by atoms with Crippen LogP contribution in [0.5, 0.6) is 0 Å². The quantitative estimate of drug-likeness (QED) is 0.674. The molecule has 3 nitrogen and oxygen atoms in total. The lowest BCUT2D eigenvalue weighted by molar-refractivity contribution is -0.142. The topological polar surface area (TPSA) is 46.5 Å². The maximum Gasteiger partial charge on any atom is 0.330 e. The molecule has 0 aromatic heterocycles. The molecular weight excluding hydrogens is 228 g/mol. The second kappa shape index (κ2) is 7.57. The van der Waals surface area contributed by atoms with Crippen molar-refractivity contribution >= 4 is 5.97 Å². The van der Waals surface area contributed by atoms with Crippen molar-refractivity contribution in [2.75, 3.05) is 0 Å². The van der Waals surface area contributed by atoms with Gasteiger partial charge in [-0.05, 0) is 39.2 Å². The summed E-state index contributed by atoms with van der Waals surface area (Å²) >= 11 is 0. The van der Waals surface area contributed by atoms with Gasteiger partial charge in [0.1, 0.15) is 0 Å². The standard InChI is InChI=1S/C15H26O3/c1-13-9-7-5-3-4-6-8-11-15(2,17)12-10-14(16)18-13/h10,12-13,17H,3-9,11H2,1-2H3/b12-10+/t13-,15+/m1/s1. The number of hydrogen-bond donors (Lipinski definition) is 1. The van der Waals surface area contributed by atoms with Crippen molar-refractivity contribution in [3.63, 3.8) is 0 Å². The predicted molar refractivity (Wildman–Crippen MR) is 72.3 cm³/mol. The first-order valence-corrected chi connectivity index (χ1v) is 7.12. The normalized spacial score (nSPS) is 34.4. The van der Waals surface area contributed by atoms with Crippen molar-refractivity contribution in [2.45, 2.75) is 76.9 Å². The van der Waals surface area contributed by atoms with Crippen molar-refractivity contribution in [2.24, 2.45) is 0 Å². The molecule has 1 aliphatic rings. The predicted octanol–water partition coefficient (Wildman–Crippen LogP) is 3.36. The number of aliphatic hydroxyl groups is 1. The van der Waals surface area contributed by atoms with Crippen LogP contribution in [0.2, 0.25) is 0 Å². The lowest BCUT2D eigenvalue weighted by Gasteiger charge is -2.19. The van der Waals surface area contributed by atoms with E-state index in [1.165, 1.54) is 25.3 Å². The van der Waals surface area contributed by atoms with Gasteiger partial charge in [0.05, 0.1) is 11.7 Å². The molecule has 0 aliphatic carbocycles. The zero-order valence-electron chi connectivity index (χ0n) is 11.7. The first kappa shape index (κ1) is 15.2. The number of carbonyl (C=O) groups is 1. The molecule has 0 spiro atoms. The molecule has 1 aliphatic heterocycles. The van der Waals surface area contributed by atoms with Crippen LogP contribution in [0.1, 0.15) is 65.2 Å². The Balaban J connectivity index is 2.56. The first-order valence-electron chi connectivity index (χ1n) is 7.12. The average molecular weight is 254 g/mol. The molecule has 0 amide bonds. The zero-order valence-corrected chi connectivity index (χ0v) is 11.7. The minimum atomic E-state index is -0.896. The van der Waals surface area contributed by atoms with Gasteiger partial charge >= 0.3 is 5.97 Å². The molecule has 0 radical (unpaired) electrons. The molecule has 0 aromatic carbocycles. The molecule has 2 atom stereocenters. The van der Waals surface area contributed by atoms with Gasteiger partial charge in [0, 0.05) is 6.08 Å². The highest BCUT2D eigenvalue weighted by molar-refractivity contribution is 5.82. The molecule has 0 saturated carbocycles. The smallest absolute Gasteiger partial charge is 0.330 e. The third-order valence-corrected chi connectivity index (χ3v) is 3.44. The highest BCUT2D eigenvalue weighted by Gasteiger charge is 2.17. The summed E-state index contributed by atoms with van der Waals surface area (Å²) in [6, 6.07) is 0. The summed E-state index contributed by atoms with van der Waals surface area (Å²) in [7, 11) is 0. The number of ether oxygens (including phenoxy) is 1.